The summed E-state index contributed by atoms with van der Waals surface area (Å²) in [5.41, 5.74) is 1.97. The minimum Gasteiger partial charge on any atom is -0.469 e. The van der Waals surface area contributed by atoms with E-state index in [2.05, 4.69) is 21.4 Å². The molecule has 0 aromatic carbocycles. The summed E-state index contributed by atoms with van der Waals surface area (Å²) in [4.78, 5) is 19.9. The number of hydrogen-bond acceptors (Lipinski definition) is 5. The Morgan fingerprint density at radius 1 is 1.38 bits per heavy atom. The standard InChI is InChI=1S/C20H22N4O2/c1-26-19(25)20-6-11-4-12(7-20)16(13(5-11)8-20)24-17-14(9-21)10-23-18-15(17)2-3-22-18/h2-3,10-13,16H,4-8H2,1H3,(H2,22,23,24). The molecule has 2 atom stereocenters. The molecular formula is C20H22N4O2. The fourth-order valence-electron chi connectivity index (χ4n) is 6.14. The number of carbonyl (C=O) groups is 1. The molecule has 134 valence electrons. The number of hydrogen-bond donors (Lipinski definition) is 2. The monoisotopic (exact) mass is 350 g/mol. The summed E-state index contributed by atoms with van der Waals surface area (Å²) in [5.74, 6) is 1.51. The Morgan fingerprint density at radius 3 is 2.85 bits per heavy atom. The molecule has 0 saturated heterocycles. The highest BCUT2D eigenvalue weighted by atomic mass is 16.5. The summed E-state index contributed by atoms with van der Waals surface area (Å²) >= 11 is 0. The number of methoxy groups -OCH3 is 1. The van der Waals surface area contributed by atoms with Gasteiger partial charge in [-0.3, -0.25) is 4.79 Å². The maximum Gasteiger partial charge on any atom is 0.311 e. The zero-order chi connectivity index (χ0) is 17.9. The van der Waals surface area contributed by atoms with Gasteiger partial charge in [0.2, 0.25) is 0 Å². The van der Waals surface area contributed by atoms with Crippen molar-refractivity contribution in [3.05, 3.63) is 24.0 Å². The van der Waals surface area contributed by atoms with Gasteiger partial charge in [0.25, 0.3) is 0 Å². The zero-order valence-corrected chi connectivity index (χ0v) is 14.8. The Kier molecular flexibility index (Phi) is 3.30. The van der Waals surface area contributed by atoms with E-state index in [1.807, 2.05) is 12.3 Å². The number of nitrogens with zero attached hydrogens (tertiary/aromatic N) is 2. The largest absolute Gasteiger partial charge is 0.469 e. The van der Waals surface area contributed by atoms with E-state index in [0.29, 0.717) is 29.4 Å². The van der Waals surface area contributed by atoms with Crippen LogP contribution in [-0.2, 0) is 9.53 Å². The molecule has 2 aromatic heterocycles. The van der Waals surface area contributed by atoms with Crippen molar-refractivity contribution in [3.63, 3.8) is 0 Å². The predicted octanol–water partition coefficient (Wildman–Crippen LogP) is 3.21. The van der Waals surface area contributed by atoms with Crippen molar-refractivity contribution in [3.8, 4) is 6.07 Å². The van der Waals surface area contributed by atoms with E-state index < -0.39 is 0 Å². The maximum atomic E-state index is 12.5. The summed E-state index contributed by atoms with van der Waals surface area (Å²) in [5, 5.41) is 14.2. The van der Waals surface area contributed by atoms with Crippen molar-refractivity contribution in [1.29, 1.82) is 5.26 Å². The van der Waals surface area contributed by atoms with Gasteiger partial charge in [-0.05, 0) is 55.9 Å². The summed E-state index contributed by atoms with van der Waals surface area (Å²) in [7, 11) is 1.51. The van der Waals surface area contributed by atoms with Crippen molar-refractivity contribution >= 4 is 22.7 Å². The molecule has 4 fully saturated rings. The van der Waals surface area contributed by atoms with Gasteiger partial charge in [0, 0.05) is 23.8 Å². The molecule has 4 aliphatic rings. The second-order valence-corrected chi connectivity index (χ2v) is 8.31. The second-order valence-electron chi connectivity index (χ2n) is 8.31. The molecule has 0 spiro atoms. The van der Waals surface area contributed by atoms with Gasteiger partial charge in [0.05, 0.1) is 23.8 Å². The molecule has 4 aliphatic carbocycles. The van der Waals surface area contributed by atoms with E-state index in [0.717, 1.165) is 48.8 Å². The van der Waals surface area contributed by atoms with E-state index in [1.165, 1.54) is 7.11 Å². The lowest BCUT2D eigenvalue weighted by Crippen LogP contribution is -2.58. The number of nitriles is 1. The number of pyridine rings is 1. The highest BCUT2D eigenvalue weighted by Gasteiger charge is 2.59. The first-order valence-corrected chi connectivity index (χ1v) is 9.35. The van der Waals surface area contributed by atoms with E-state index in [1.54, 1.807) is 6.20 Å². The summed E-state index contributed by atoms with van der Waals surface area (Å²) in [6.07, 6.45) is 8.59. The first-order chi connectivity index (χ1) is 12.6. The lowest BCUT2D eigenvalue weighted by atomic mass is 9.48. The fraction of sp³-hybridized carbons (Fsp3) is 0.550. The Morgan fingerprint density at radius 2 is 2.15 bits per heavy atom. The number of anilines is 1. The van der Waals surface area contributed by atoms with Gasteiger partial charge in [-0.25, -0.2) is 4.98 Å². The third-order valence-corrected chi connectivity index (χ3v) is 6.91. The summed E-state index contributed by atoms with van der Waals surface area (Å²) in [6.45, 7) is 0. The van der Waals surface area contributed by atoms with Crippen molar-refractivity contribution in [1.82, 2.24) is 9.97 Å². The molecule has 0 aliphatic heterocycles. The fourth-order valence-corrected chi connectivity index (χ4v) is 6.14. The molecule has 6 heteroatoms. The number of fused-ring (bicyclic) bond motifs is 1. The molecule has 26 heavy (non-hydrogen) atoms. The lowest BCUT2D eigenvalue weighted by Gasteiger charge is -2.58. The number of esters is 1. The first-order valence-electron chi connectivity index (χ1n) is 9.35. The molecule has 6 rings (SSSR count). The highest BCUT2D eigenvalue weighted by molar-refractivity contribution is 5.92. The molecule has 0 radical (unpaired) electrons. The number of aromatic amines is 1. The quantitative estimate of drug-likeness (QED) is 0.830. The molecule has 2 N–H and O–H groups in total. The third-order valence-electron chi connectivity index (χ3n) is 6.91. The molecule has 2 unspecified atom stereocenters. The maximum absolute atomic E-state index is 12.5. The van der Waals surface area contributed by atoms with E-state index in [4.69, 9.17) is 4.74 Å². The van der Waals surface area contributed by atoms with Crippen LogP contribution in [0.2, 0.25) is 0 Å². The molecule has 2 aromatic rings. The smallest absolute Gasteiger partial charge is 0.311 e. The van der Waals surface area contributed by atoms with E-state index in [-0.39, 0.29) is 11.4 Å². The lowest BCUT2D eigenvalue weighted by molar-refractivity contribution is -0.169. The van der Waals surface area contributed by atoms with Gasteiger partial charge in [-0.1, -0.05) is 0 Å². The van der Waals surface area contributed by atoms with Gasteiger partial charge in [0.1, 0.15) is 11.7 Å². The van der Waals surface area contributed by atoms with Gasteiger partial charge in [-0.15, -0.1) is 0 Å². The van der Waals surface area contributed by atoms with Crippen LogP contribution >= 0.6 is 0 Å². The van der Waals surface area contributed by atoms with Gasteiger partial charge in [0.15, 0.2) is 0 Å². The van der Waals surface area contributed by atoms with Crippen LogP contribution in [0.4, 0.5) is 5.69 Å². The Bertz CT molecular complexity index is 912. The predicted molar refractivity (Wildman–Crippen MR) is 96.2 cm³/mol. The van der Waals surface area contributed by atoms with Crippen LogP contribution in [0.25, 0.3) is 11.0 Å². The van der Waals surface area contributed by atoms with Crippen LogP contribution in [0.1, 0.15) is 37.7 Å². The van der Waals surface area contributed by atoms with Crippen molar-refractivity contribution in [2.75, 3.05) is 12.4 Å². The number of aromatic nitrogens is 2. The Hall–Kier alpha value is -2.55. The molecule has 0 amide bonds. The Balaban J connectivity index is 1.50. The van der Waals surface area contributed by atoms with Gasteiger partial charge in [-0.2, -0.15) is 5.26 Å². The summed E-state index contributed by atoms with van der Waals surface area (Å²) < 4.78 is 5.16. The first kappa shape index (κ1) is 15.7. The molecule has 4 saturated carbocycles. The van der Waals surface area contributed by atoms with Gasteiger partial charge >= 0.3 is 5.97 Å². The minimum absolute atomic E-state index is 0.0231. The van der Waals surface area contributed by atoms with Crippen LogP contribution in [0.15, 0.2) is 18.5 Å². The SMILES string of the molecule is COC(=O)C12CC3CC(C1)C(Nc1c(C#N)cnc4[nH]ccc14)C(C3)C2. The second kappa shape index (κ2) is 5.47. The minimum atomic E-state index is -0.275. The van der Waals surface area contributed by atoms with Crippen molar-refractivity contribution in [2.24, 2.45) is 23.2 Å². The van der Waals surface area contributed by atoms with E-state index >= 15 is 0 Å². The number of rotatable bonds is 3. The van der Waals surface area contributed by atoms with Gasteiger partial charge < -0.3 is 15.0 Å². The van der Waals surface area contributed by atoms with E-state index in [9.17, 15) is 10.1 Å². The average Bonchev–Trinajstić information content (AvgIpc) is 3.12. The Labute approximate surface area is 151 Å². The van der Waals surface area contributed by atoms with Crippen LogP contribution in [0, 0.1) is 34.5 Å². The summed E-state index contributed by atoms with van der Waals surface area (Å²) in [6, 6.07) is 4.54. The highest BCUT2D eigenvalue weighted by Crippen LogP contribution is 2.61. The van der Waals surface area contributed by atoms with Crippen molar-refractivity contribution < 1.29 is 9.53 Å². The average molecular weight is 350 g/mol. The zero-order valence-electron chi connectivity index (χ0n) is 14.8. The van der Waals surface area contributed by atoms with Crippen LogP contribution < -0.4 is 5.32 Å². The normalized spacial score (nSPS) is 34.6. The number of nitrogens with one attached hydrogen (secondary N) is 2. The van der Waals surface area contributed by atoms with Crippen LogP contribution in [0.3, 0.4) is 0 Å². The molecule has 6 nitrogen and oxygen atoms in total. The van der Waals surface area contributed by atoms with Crippen molar-refractivity contribution in [2.45, 2.75) is 38.1 Å². The topological polar surface area (TPSA) is 90.8 Å². The molecule has 2 heterocycles. The number of carbonyl (C=O) groups excluding carboxylic acids is 1. The van der Waals surface area contributed by atoms with Crippen LogP contribution in [-0.4, -0.2) is 29.1 Å². The van der Waals surface area contributed by atoms with Crippen LogP contribution in [0.5, 0.6) is 0 Å². The third kappa shape index (κ3) is 2.09. The number of ether oxygens (including phenoxy) is 1. The number of H-pyrrole nitrogens is 1. The molecular weight excluding hydrogens is 328 g/mol. The molecule has 4 bridgehead atoms.